The van der Waals surface area contributed by atoms with E-state index in [2.05, 4.69) is 32.9 Å². The van der Waals surface area contributed by atoms with Crippen LogP contribution in [0.4, 0.5) is 0 Å². The highest BCUT2D eigenvalue weighted by atomic mass is 16.6. The topological polar surface area (TPSA) is 99.5 Å². The molecular formula is C24H40O6. The minimum absolute atomic E-state index is 0.0421. The quantitative estimate of drug-likeness (QED) is 0.365. The molecule has 9 atom stereocenters. The molecule has 2 saturated heterocycles. The third-order valence-electron chi connectivity index (χ3n) is 6.63. The van der Waals surface area contributed by atoms with Gasteiger partial charge in [0.25, 0.3) is 0 Å². The van der Waals surface area contributed by atoms with E-state index in [4.69, 9.17) is 14.6 Å². The average Bonchev–Trinajstić information content (AvgIpc) is 3.31. The summed E-state index contributed by atoms with van der Waals surface area (Å²) in [6.07, 6.45) is 7.09. The SMILES string of the molecule is C/C(=C\C=C\[C@@H](C)C[C@@]1(C)O[C@@H]1[C@H](C)[C@@H](O)[C@@H](C)O)[C@@H]1O[C@@H](CC(=O)O)CC[C@@H]1C. The van der Waals surface area contributed by atoms with E-state index in [0.717, 1.165) is 24.8 Å². The van der Waals surface area contributed by atoms with Crippen molar-refractivity contribution in [3.8, 4) is 0 Å². The summed E-state index contributed by atoms with van der Waals surface area (Å²) in [6, 6.07) is 0. The number of allylic oxidation sites excluding steroid dienone is 3. The summed E-state index contributed by atoms with van der Waals surface area (Å²) in [7, 11) is 0. The van der Waals surface area contributed by atoms with Gasteiger partial charge in [0.2, 0.25) is 0 Å². The molecular weight excluding hydrogens is 384 g/mol. The first-order valence-electron chi connectivity index (χ1n) is 11.2. The van der Waals surface area contributed by atoms with Gasteiger partial charge in [0.1, 0.15) is 0 Å². The molecule has 2 heterocycles. The molecule has 30 heavy (non-hydrogen) atoms. The Kier molecular flexibility index (Phi) is 8.69. The second-order valence-electron chi connectivity index (χ2n) is 9.75. The second kappa shape index (κ2) is 10.4. The molecule has 0 amide bonds. The number of carboxylic acid groups (broad SMARTS) is 1. The Morgan fingerprint density at radius 3 is 2.50 bits per heavy atom. The maximum Gasteiger partial charge on any atom is 0.305 e. The Hall–Kier alpha value is -1.21. The molecule has 0 aliphatic carbocycles. The van der Waals surface area contributed by atoms with Crippen LogP contribution in [0.2, 0.25) is 0 Å². The maximum absolute atomic E-state index is 11.0. The predicted molar refractivity (Wildman–Crippen MR) is 116 cm³/mol. The maximum atomic E-state index is 11.0. The minimum atomic E-state index is -0.812. The first-order valence-corrected chi connectivity index (χ1v) is 11.2. The molecule has 0 aromatic rings. The number of hydrogen-bond acceptors (Lipinski definition) is 5. The van der Waals surface area contributed by atoms with Gasteiger partial charge in [-0.05, 0) is 57.4 Å². The number of carbonyl (C=O) groups is 1. The molecule has 6 heteroatoms. The molecule has 3 N–H and O–H groups in total. The molecule has 2 aliphatic rings. The van der Waals surface area contributed by atoms with Crippen molar-refractivity contribution in [2.75, 3.05) is 0 Å². The minimum Gasteiger partial charge on any atom is -0.481 e. The normalized spacial score (nSPS) is 36.3. The molecule has 0 aromatic heterocycles. The molecule has 172 valence electrons. The number of ether oxygens (including phenoxy) is 2. The van der Waals surface area contributed by atoms with Crippen LogP contribution in [-0.2, 0) is 14.3 Å². The van der Waals surface area contributed by atoms with Gasteiger partial charge in [-0.15, -0.1) is 0 Å². The van der Waals surface area contributed by atoms with Crippen LogP contribution in [0.3, 0.4) is 0 Å². The van der Waals surface area contributed by atoms with Gasteiger partial charge in [0.05, 0.1) is 42.5 Å². The van der Waals surface area contributed by atoms with Gasteiger partial charge in [-0.2, -0.15) is 0 Å². The van der Waals surface area contributed by atoms with Gasteiger partial charge >= 0.3 is 5.97 Å². The van der Waals surface area contributed by atoms with Crippen LogP contribution in [0.1, 0.15) is 67.2 Å². The van der Waals surface area contributed by atoms with E-state index in [1.165, 1.54) is 0 Å². The van der Waals surface area contributed by atoms with Crippen molar-refractivity contribution in [3.63, 3.8) is 0 Å². The molecule has 0 radical (unpaired) electrons. The van der Waals surface area contributed by atoms with Gasteiger partial charge in [-0.3, -0.25) is 4.79 Å². The highest BCUT2D eigenvalue weighted by Gasteiger charge is 2.56. The summed E-state index contributed by atoms with van der Waals surface area (Å²) in [5.74, 6) is -0.257. The highest BCUT2D eigenvalue weighted by Crippen LogP contribution is 2.47. The van der Waals surface area contributed by atoms with Crippen LogP contribution >= 0.6 is 0 Å². The lowest BCUT2D eigenvalue weighted by atomic mass is 9.86. The summed E-state index contributed by atoms with van der Waals surface area (Å²) in [5, 5.41) is 28.7. The van der Waals surface area contributed by atoms with E-state index in [1.807, 2.05) is 19.9 Å². The van der Waals surface area contributed by atoms with Crippen molar-refractivity contribution < 1.29 is 29.6 Å². The number of hydrogen-bond donors (Lipinski definition) is 3. The zero-order valence-electron chi connectivity index (χ0n) is 19.2. The average molecular weight is 425 g/mol. The van der Waals surface area contributed by atoms with Crippen molar-refractivity contribution in [2.45, 2.75) is 103 Å². The lowest BCUT2D eigenvalue weighted by Gasteiger charge is -2.35. The fourth-order valence-corrected chi connectivity index (χ4v) is 4.81. The largest absolute Gasteiger partial charge is 0.481 e. The number of aliphatic carboxylic acids is 1. The van der Waals surface area contributed by atoms with Gasteiger partial charge in [-0.25, -0.2) is 0 Å². The lowest BCUT2D eigenvalue weighted by molar-refractivity contribution is -0.143. The molecule has 2 aliphatic heterocycles. The number of epoxide rings is 1. The highest BCUT2D eigenvalue weighted by molar-refractivity contribution is 5.67. The van der Waals surface area contributed by atoms with Gasteiger partial charge in [0, 0.05) is 5.92 Å². The first-order chi connectivity index (χ1) is 13.9. The van der Waals surface area contributed by atoms with Gasteiger partial charge in [-0.1, -0.05) is 39.0 Å². The molecule has 0 saturated carbocycles. The smallest absolute Gasteiger partial charge is 0.305 e. The van der Waals surface area contributed by atoms with Gasteiger partial charge < -0.3 is 24.8 Å². The Morgan fingerprint density at radius 1 is 1.23 bits per heavy atom. The molecule has 0 aromatic carbocycles. The van der Waals surface area contributed by atoms with E-state index in [9.17, 15) is 15.0 Å². The Balaban J connectivity index is 1.88. The third-order valence-corrected chi connectivity index (χ3v) is 6.63. The zero-order valence-corrected chi connectivity index (χ0v) is 19.2. The molecule has 6 nitrogen and oxygen atoms in total. The van der Waals surface area contributed by atoms with E-state index < -0.39 is 18.2 Å². The monoisotopic (exact) mass is 424 g/mol. The second-order valence-corrected chi connectivity index (χ2v) is 9.75. The van der Waals surface area contributed by atoms with E-state index in [-0.39, 0.29) is 36.3 Å². The van der Waals surface area contributed by atoms with Crippen LogP contribution in [0.15, 0.2) is 23.8 Å². The van der Waals surface area contributed by atoms with E-state index in [0.29, 0.717) is 11.8 Å². The molecule has 0 unspecified atom stereocenters. The Labute approximate surface area is 181 Å². The number of carboxylic acids is 1. The summed E-state index contributed by atoms with van der Waals surface area (Å²) < 4.78 is 12.0. The predicted octanol–water partition coefficient (Wildman–Crippen LogP) is 3.71. The third kappa shape index (κ3) is 6.64. The van der Waals surface area contributed by atoms with Gasteiger partial charge in [0.15, 0.2) is 0 Å². The van der Waals surface area contributed by atoms with Crippen molar-refractivity contribution >= 4 is 5.97 Å². The molecule has 2 rings (SSSR count). The lowest BCUT2D eigenvalue weighted by Crippen LogP contribution is -2.35. The van der Waals surface area contributed by atoms with E-state index in [1.54, 1.807) is 6.92 Å². The van der Waals surface area contributed by atoms with Crippen molar-refractivity contribution in [1.82, 2.24) is 0 Å². The molecule has 2 fully saturated rings. The van der Waals surface area contributed by atoms with Crippen LogP contribution < -0.4 is 0 Å². The summed E-state index contributed by atoms with van der Waals surface area (Å²) in [5.41, 5.74) is 0.838. The standard InChI is InChI=1S/C24H40O6/c1-14(13-24(6)23(30-24)17(4)21(28)18(5)25)8-7-9-15(2)22-16(3)10-11-19(29-22)12-20(26)27/h7-9,14,16-19,21-23,25,28H,10-13H2,1-6H3,(H,26,27)/b8-7+,15-9+/t14-,16+,17-,18-,19-,21-,22+,23-,24-/m1/s1. The fourth-order valence-electron chi connectivity index (χ4n) is 4.81. The zero-order chi connectivity index (χ0) is 22.6. The van der Waals surface area contributed by atoms with Crippen LogP contribution in [0.25, 0.3) is 0 Å². The summed E-state index contributed by atoms with van der Waals surface area (Å²) in [4.78, 5) is 11.0. The van der Waals surface area contributed by atoms with Crippen LogP contribution in [0, 0.1) is 17.8 Å². The molecule has 0 bridgehead atoms. The van der Waals surface area contributed by atoms with Crippen molar-refractivity contribution in [1.29, 1.82) is 0 Å². The Bertz CT molecular complexity index is 642. The number of aliphatic hydroxyl groups excluding tert-OH is 2. The number of aliphatic hydroxyl groups is 2. The van der Waals surface area contributed by atoms with Crippen molar-refractivity contribution in [2.24, 2.45) is 17.8 Å². The molecule has 0 spiro atoms. The first kappa shape index (κ1) is 25.1. The summed E-state index contributed by atoms with van der Waals surface area (Å²) in [6.45, 7) is 11.9. The van der Waals surface area contributed by atoms with Crippen LogP contribution in [0.5, 0.6) is 0 Å². The van der Waals surface area contributed by atoms with Crippen molar-refractivity contribution in [3.05, 3.63) is 23.8 Å². The number of rotatable bonds is 10. The van der Waals surface area contributed by atoms with Crippen LogP contribution in [-0.4, -0.2) is 57.4 Å². The fraction of sp³-hybridized carbons (Fsp3) is 0.792. The summed E-state index contributed by atoms with van der Waals surface area (Å²) >= 11 is 0. The Morgan fingerprint density at radius 2 is 1.90 bits per heavy atom. The van der Waals surface area contributed by atoms with E-state index >= 15 is 0 Å².